The van der Waals surface area contributed by atoms with Crippen LogP contribution in [0.2, 0.25) is 0 Å². The lowest BCUT2D eigenvalue weighted by Crippen LogP contribution is -2.12. The van der Waals surface area contributed by atoms with Crippen LogP contribution in [0.25, 0.3) is 0 Å². The largest absolute Gasteiger partial charge is 0.309 e. The first-order chi connectivity index (χ1) is 22.2. The van der Waals surface area contributed by atoms with Gasteiger partial charge >= 0.3 is 0 Å². The van der Waals surface area contributed by atoms with Gasteiger partial charge in [0.2, 0.25) is 0 Å². The van der Waals surface area contributed by atoms with E-state index < -0.39 is 0 Å². The number of unbranched alkanes of at least 4 members (excludes halogenated alkanes) is 20. The maximum atomic E-state index is 2.63. The van der Waals surface area contributed by atoms with E-state index in [0.717, 1.165) is 12.8 Å². The number of allylic oxidation sites excluding steroid dienone is 10. The van der Waals surface area contributed by atoms with E-state index in [1.807, 2.05) is 0 Å². The summed E-state index contributed by atoms with van der Waals surface area (Å²) in [6.45, 7) is 5.77. The van der Waals surface area contributed by atoms with E-state index in [-0.39, 0.29) is 0 Å². The van der Waals surface area contributed by atoms with Gasteiger partial charge in [0.15, 0.2) is 0 Å². The SMILES string of the molecule is CCCCCC=CC/C=C\CCCCCCCCC(=CCCCCN(C)C)CCCCCCCC/C=C\C/C=C\CCCCC. The quantitative estimate of drug-likeness (QED) is 0.0501. The minimum Gasteiger partial charge on any atom is -0.309 e. The molecule has 0 saturated carbocycles. The van der Waals surface area contributed by atoms with Gasteiger partial charge in [0, 0.05) is 0 Å². The highest BCUT2D eigenvalue weighted by atomic mass is 15.0. The summed E-state index contributed by atoms with van der Waals surface area (Å²) >= 11 is 0. The molecule has 0 radical (unpaired) electrons. The smallest absolute Gasteiger partial charge is 0.00247 e. The van der Waals surface area contributed by atoms with Crippen molar-refractivity contribution in [2.45, 2.75) is 200 Å². The summed E-state index contributed by atoms with van der Waals surface area (Å²) in [5.74, 6) is 0. The number of hydrogen-bond donors (Lipinski definition) is 0. The molecule has 0 aliphatic carbocycles. The highest BCUT2D eigenvalue weighted by Crippen LogP contribution is 2.20. The van der Waals surface area contributed by atoms with E-state index in [0.29, 0.717) is 0 Å². The predicted molar refractivity (Wildman–Crippen MR) is 208 cm³/mol. The van der Waals surface area contributed by atoms with E-state index in [1.165, 1.54) is 180 Å². The molecule has 0 aliphatic heterocycles. The lowest BCUT2D eigenvalue weighted by atomic mass is 9.98. The van der Waals surface area contributed by atoms with Gasteiger partial charge in [-0.3, -0.25) is 0 Å². The third-order valence-electron chi connectivity index (χ3n) is 8.89. The topological polar surface area (TPSA) is 3.24 Å². The Labute approximate surface area is 285 Å². The Kier molecular flexibility index (Phi) is 37.7. The molecule has 0 aliphatic rings. The molecule has 1 heteroatoms. The summed E-state index contributed by atoms with van der Waals surface area (Å²) in [6, 6.07) is 0. The van der Waals surface area contributed by atoms with Crippen LogP contribution in [0.4, 0.5) is 0 Å². The van der Waals surface area contributed by atoms with Crippen LogP contribution in [0.5, 0.6) is 0 Å². The van der Waals surface area contributed by atoms with Gasteiger partial charge in [-0.15, -0.1) is 0 Å². The van der Waals surface area contributed by atoms with Gasteiger partial charge < -0.3 is 4.90 Å². The zero-order chi connectivity index (χ0) is 32.7. The summed E-state index contributed by atoms with van der Waals surface area (Å²) in [5, 5.41) is 0. The average Bonchev–Trinajstić information content (AvgIpc) is 3.03. The summed E-state index contributed by atoms with van der Waals surface area (Å²) in [6.07, 6.45) is 60.4. The van der Waals surface area contributed by atoms with Crippen molar-refractivity contribution in [3.8, 4) is 0 Å². The predicted octanol–water partition coefficient (Wildman–Crippen LogP) is 15.1. The van der Waals surface area contributed by atoms with Gasteiger partial charge in [0.05, 0.1) is 0 Å². The van der Waals surface area contributed by atoms with Crippen molar-refractivity contribution in [2.75, 3.05) is 20.6 Å². The monoisotopic (exact) mass is 624 g/mol. The van der Waals surface area contributed by atoms with Gasteiger partial charge in [0.25, 0.3) is 0 Å². The van der Waals surface area contributed by atoms with Crippen LogP contribution in [0.1, 0.15) is 200 Å². The van der Waals surface area contributed by atoms with Gasteiger partial charge in [0.1, 0.15) is 0 Å². The van der Waals surface area contributed by atoms with Crippen molar-refractivity contribution < 1.29 is 0 Å². The number of rotatable bonds is 35. The molecule has 0 atom stereocenters. The van der Waals surface area contributed by atoms with Crippen LogP contribution in [0, 0.1) is 0 Å². The first-order valence-electron chi connectivity index (χ1n) is 20.1. The molecule has 0 aromatic heterocycles. The fourth-order valence-corrected chi connectivity index (χ4v) is 5.89. The average molecular weight is 624 g/mol. The summed E-state index contributed by atoms with van der Waals surface area (Å²) in [4.78, 5) is 2.32. The van der Waals surface area contributed by atoms with E-state index in [9.17, 15) is 0 Å². The second-order valence-corrected chi connectivity index (χ2v) is 13.8. The Balaban J connectivity index is 3.94. The Morgan fingerprint density at radius 1 is 0.378 bits per heavy atom. The second-order valence-electron chi connectivity index (χ2n) is 13.8. The molecular formula is C44H81N. The fraction of sp³-hybridized carbons (Fsp3) is 0.773. The first-order valence-corrected chi connectivity index (χ1v) is 20.1. The summed E-state index contributed by atoms with van der Waals surface area (Å²) < 4.78 is 0. The van der Waals surface area contributed by atoms with Crippen LogP contribution in [-0.4, -0.2) is 25.5 Å². The maximum absolute atomic E-state index is 2.63. The Hall–Kier alpha value is -1.34. The molecule has 0 rings (SSSR count). The highest BCUT2D eigenvalue weighted by molar-refractivity contribution is 5.02. The van der Waals surface area contributed by atoms with Crippen LogP contribution >= 0.6 is 0 Å². The summed E-state index contributed by atoms with van der Waals surface area (Å²) in [5.41, 5.74) is 1.77. The normalized spacial score (nSPS) is 12.9. The van der Waals surface area contributed by atoms with Crippen LogP contribution < -0.4 is 0 Å². The van der Waals surface area contributed by atoms with E-state index >= 15 is 0 Å². The van der Waals surface area contributed by atoms with E-state index in [1.54, 1.807) is 5.57 Å². The van der Waals surface area contributed by atoms with Crippen molar-refractivity contribution in [1.29, 1.82) is 0 Å². The minimum absolute atomic E-state index is 1.12. The molecule has 0 fully saturated rings. The minimum atomic E-state index is 1.12. The highest BCUT2D eigenvalue weighted by Gasteiger charge is 2.01. The number of hydrogen-bond acceptors (Lipinski definition) is 1. The Morgan fingerprint density at radius 2 is 0.733 bits per heavy atom. The van der Waals surface area contributed by atoms with Crippen LogP contribution in [0.15, 0.2) is 60.3 Å². The molecular weight excluding hydrogens is 542 g/mol. The third kappa shape index (κ3) is 38.8. The first kappa shape index (κ1) is 43.7. The van der Waals surface area contributed by atoms with Gasteiger partial charge in [-0.25, -0.2) is 0 Å². The number of nitrogens with zero attached hydrogens (tertiary/aromatic N) is 1. The van der Waals surface area contributed by atoms with Crippen LogP contribution in [0.3, 0.4) is 0 Å². The van der Waals surface area contributed by atoms with Crippen LogP contribution in [-0.2, 0) is 0 Å². The molecule has 0 unspecified atom stereocenters. The van der Waals surface area contributed by atoms with Gasteiger partial charge in [-0.1, -0.05) is 151 Å². The Bertz CT molecular complexity index is 656. The van der Waals surface area contributed by atoms with Crippen molar-refractivity contribution >= 4 is 0 Å². The molecule has 0 bridgehead atoms. The molecule has 262 valence electrons. The van der Waals surface area contributed by atoms with E-state index in [2.05, 4.69) is 87.5 Å². The van der Waals surface area contributed by atoms with Crippen molar-refractivity contribution in [3.63, 3.8) is 0 Å². The molecule has 0 amide bonds. The Morgan fingerprint density at radius 3 is 1.13 bits per heavy atom. The molecule has 0 heterocycles. The molecule has 0 N–H and O–H groups in total. The zero-order valence-electron chi connectivity index (χ0n) is 31.4. The zero-order valence-corrected chi connectivity index (χ0v) is 31.4. The third-order valence-corrected chi connectivity index (χ3v) is 8.89. The molecule has 0 aromatic rings. The molecule has 45 heavy (non-hydrogen) atoms. The van der Waals surface area contributed by atoms with E-state index in [4.69, 9.17) is 0 Å². The second kappa shape index (κ2) is 38.8. The van der Waals surface area contributed by atoms with Crippen molar-refractivity contribution in [3.05, 3.63) is 60.3 Å². The summed E-state index contributed by atoms with van der Waals surface area (Å²) in [7, 11) is 4.39. The molecule has 0 saturated heterocycles. The molecule has 0 spiro atoms. The van der Waals surface area contributed by atoms with Crippen molar-refractivity contribution in [1.82, 2.24) is 4.90 Å². The van der Waals surface area contributed by atoms with Crippen molar-refractivity contribution in [2.24, 2.45) is 0 Å². The lowest BCUT2D eigenvalue weighted by molar-refractivity contribution is 0.395. The molecule has 1 nitrogen and oxygen atoms in total. The van der Waals surface area contributed by atoms with Gasteiger partial charge in [-0.2, -0.15) is 0 Å². The molecule has 0 aromatic carbocycles. The standard InChI is InChI=1S/C44H81N/c1-5-7-9-11-13-15-17-19-21-23-25-27-29-31-33-36-40-44(42-38-35-39-43-45(3)4)41-37-34-32-30-28-26-24-22-20-18-16-14-12-10-8-6-2/h13-16,19-22,42H,5-12,17-18,23-41,43H2,1-4H3/b15-13-,16-14?,21-19-,22-20-,44-42?. The van der Waals surface area contributed by atoms with Gasteiger partial charge in [-0.05, 0) is 130 Å². The fourth-order valence-electron chi connectivity index (χ4n) is 5.89. The lowest BCUT2D eigenvalue weighted by Gasteiger charge is -2.10. The maximum Gasteiger partial charge on any atom is -0.00247 e.